The van der Waals surface area contributed by atoms with Crippen LogP contribution in [-0.2, 0) is 9.53 Å². The molecule has 0 aromatic carbocycles. The van der Waals surface area contributed by atoms with Crippen molar-refractivity contribution in [2.45, 2.75) is 26.2 Å². The lowest BCUT2D eigenvalue weighted by Crippen LogP contribution is -2.13. The predicted molar refractivity (Wildman–Crippen MR) is 43.1 cm³/mol. The number of rotatable bonds is 2. The predicted octanol–water partition coefficient (Wildman–Crippen LogP) is 1.91. The molecule has 0 N–H and O–H groups in total. The summed E-state index contributed by atoms with van der Waals surface area (Å²) in [5.41, 5.74) is 1.25. The molecule has 0 heterocycles. The molecular formula is C9H14O2. The molecule has 0 aromatic heterocycles. The van der Waals surface area contributed by atoms with Crippen LogP contribution >= 0.6 is 0 Å². The van der Waals surface area contributed by atoms with Crippen LogP contribution in [-0.4, -0.2) is 13.1 Å². The van der Waals surface area contributed by atoms with E-state index in [-0.39, 0.29) is 11.9 Å². The smallest absolute Gasteiger partial charge is 0.312 e. The normalized spacial score (nSPS) is 19.3. The van der Waals surface area contributed by atoms with Crippen molar-refractivity contribution in [2.75, 3.05) is 7.11 Å². The van der Waals surface area contributed by atoms with E-state index in [9.17, 15) is 4.79 Å². The van der Waals surface area contributed by atoms with E-state index in [1.54, 1.807) is 0 Å². The number of hydrogen-bond donors (Lipinski definition) is 0. The molecule has 0 bridgehead atoms. The minimum atomic E-state index is -0.113. The van der Waals surface area contributed by atoms with Crippen molar-refractivity contribution in [2.24, 2.45) is 5.92 Å². The van der Waals surface area contributed by atoms with Crippen LogP contribution in [0.2, 0.25) is 0 Å². The third-order valence-corrected chi connectivity index (χ3v) is 2.19. The molecule has 1 aliphatic rings. The van der Waals surface area contributed by atoms with Crippen LogP contribution in [0.25, 0.3) is 0 Å². The molecule has 0 radical (unpaired) electrons. The third-order valence-electron chi connectivity index (χ3n) is 2.19. The van der Waals surface area contributed by atoms with Gasteiger partial charge in [-0.2, -0.15) is 0 Å². The minimum absolute atomic E-state index is 0.0255. The van der Waals surface area contributed by atoms with Crippen molar-refractivity contribution in [3.8, 4) is 0 Å². The maximum absolute atomic E-state index is 11.0. The highest BCUT2D eigenvalue weighted by atomic mass is 16.5. The zero-order chi connectivity index (χ0) is 8.27. The van der Waals surface area contributed by atoms with E-state index >= 15 is 0 Å². The fourth-order valence-corrected chi connectivity index (χ4v) is 1.42. The van der Waals surface area contributed by atoms with Crippen molar-refractivity contribution in [3.05, 3.63) is 11.6 Å². The molecule has 1 rings (SSSR count). The van der Waals surface area contributed by atoms with Crippen LogP contribution in [0.3, 0.4) is 0 Å². The molecule has 11 heavy (non-hydrogen) atoms. The highest BCUT2D eigenvalue weighted by Gasteiger charge is 2.19. The summed E-state index contributed by atoms with van der Waals surface area (Å²) < 4.78 is 4.64. The number of ether oxygens (including phenoxy) is 1. The zero-order valence-corrected chi connectivity index (χ0v) is 7.09. The molecule has 0 aromatic rings. The summed E-state index contributed by atoms with van der Waals surface area (Å²) in [5, 5.41) is 0. The van der Waals surface area contributed by atoms with Crippen molar-refractivity contribution >= 4 is 5.97 Å². The van der Waals surface area contributed by atoms with Crippen molar-refractivity contribution in [3.63, 3.8) is 0 Å². The van der Waals surface area contributed by atoms with Crippen molar-refractivity contribution < 1.29 is 9.53 Å². The number of hydrogen-bond acceptors (Lipinski definition) is 2. The lowest BCUT2D eigenvalue weighted by atomic mass is 10.0. The molecule has 0 saturated carbocycles. The molecule has 2 nitrogen and oxygen atoms in total. The summed E-state index contributed by atoms with van der Waals surface area (Å²) in [4.78, 5) is 11.0. The van der Waals surface area contributed by atoms with Gasteiger partial charge in [0.25, 0.3) is 0 Å². The number of carbonyl (C=O) groups is 1. The summed E-state index contributed by atoms with van der Waals surface area (Å²) in [7, 11) is 1.44. The minimum Gasteiger partial charge on any atom is -0.469 e. The quantitative estimate of drug-likeness (QED) is 0.448. The monoisotopic (exact) mass is 154 g/mol. The van der Waals surface area contributed by atoms with Crippen LogP contribution in [0.1, 0.15) is 26.2 Å². The van der Waals surface area contributed by atoms with Gasteiger partial charge < -0.3 is 4.74 Å². The second kappa shape index (κ2) is 3.56. The van der Waals surface area contributed by atoms with Crippen LogP contribution in [0.4, 0.5) is 0 Å². The standard InChI is InChI=1S/C9H14O2/c1-7(9(10)11-2)8-5-3-4-6-8/h5,7H,3-4,6H2,1-2H3. The van der Waals surface area contributed by atoms with E-state index in [4.69, 9.17) is 0 Å². The van der Waals surface area contributed by atoms with E-state index in [0.29, 0.717) is 0 Å². The molecule has 0 amide bonds. The van der Waals surface area contributed by atoms with Crippen LogP contribution in [0.5, 0.6) is 0 Å². The van der Waals surface area contributed by atoms with E-state index < -0.39 is 0 Å². The van der Waals surface area contributed by atoms with Gasteiger partial charge in [-0.1, -0.05) is 11.6 Å². The van der Waals surface area contributed by atoms with Gasteiger partial charge in [-0.3, -0.25) is 4.79 Å². The van der Waals surface area contributed by atoms with Gasteiger partial charge in [-0.15, -0.1) is 0 Å². The molecule has 62 valence electrons. The summed E-state index contributed by atoms with van der Waals surface area (Å²) in [6.45, 7) is 1.91. The fourth-order valence-electron chi connectivity index (χ4n) is 1.42. The Kier molecular flexibility index (Phi) is 2.69. The number of esters is 1. The summed E-state index contributed by atoms with van der Waals surface area (Å²) in [5.74, 6) is -0.138. The molecule has 1 aliphatic carbocycles. The Morgan fingerprint density at radius 1 is 1.73 bits per heavy atom. The molecular weight excluding hydrogens is 140 g/mol. The van der Waals surface area contributed by atoms with E-state index in [1.807, 2.05) is 6.92 Å². The van der Waals surface area contributed by atoms with Crippen LogP contribution < -0.4 is 0 Å². The second-order valence-corrected chi connectivity index (χ2v) is 2.92. The number of allylic oxidation sites excluding steroid dienone is 1. The van der Waals surface area contributed by atoms with E-state index in [1.165, 1.54) is 19.1 Å². The SMILES string of the molecule is COC(=O)C(C)C1=CCCC1. The molecule has 1 atom stereocenters. The number of methoxy groups -OCH3 is 1. The van der Waals surface area contributed by atoms with Gasteiger partial charge in [0.2, 0.25) is 0 Å². The van der Waals surface area contributed by atoms with Gasteiger partial charge in [-0.25, -0.2) is 0 Å². The first kappa shape index (κ1) is 8.31. The third kappa shape index (κ3) is 1.82. The molecule has 0 spiro atoms. The largest absolute Gasteiger partial charge is 0.469 e. The Labute approximate surface area is 67.2 Å². The van der Waals surface area contributed by atoms with Gasteiger partial charge in [0.05, 0.1) is 13.0 Å². The second-order valence-electron chi connectivity index (χ2n) is 2.92. The molecule has 0 fully saturated rings. The zero-order valence-electron chi connectivity index (χ0n) is 7.09. The number of carbonyl (C=O) groups excluding carboxylic acids is 1. The lowest BCUT2D eigenvalue weighted by molar-refractivity contribution is -0.143. The lowest BCUT2D eigenvalue weighted by Gasteiger charge is -2.09. The first-order valence-electron chi connectivity index (χ1n) is 4.02. The molecule has 0 saturated heterocycles. The molecule has 2 heteroatoms. The van der Waals surface area contributed by atoms with Crippen LogP contribution in [0, 0.1) is 5.92 Å². The van der Waals surface area contributed by atoms with Gasteiger partial charge in [0.1, 0.15) is 0 Å². The van der Waals surface area contributed by atoms with Gasteiger partial charge in [0.15, 0.2) is 0 Å². The van der Waals surface area contributed by atoms with Crippen molar-refractivity contribution in [1.82, 2.24) is 0 Å². The van der Waals surface area contributed by atoms with Gasteiger partial charge in [-0.05, 0) is 26.2 Å². The van der Waals surface area contributed by atoms with Gasteiger partial charge >= 0.3 is 5.97 Å². The summed E-state index contributed by atoms with van der Waals surface area (Å²) >= 11 is 0. The van der Waals surface area contributed by atoms with Crippen LogP contribution in [0.15, 0.2) is 11.6 Å². The fraction of sp³-hybridized carbons (Fsp3) is 0.667. The maximum atomic E-state index is 11.0. The Morgan fingerprint density at radius 3 is 2.91 bits per heavy atom. The first-order chi connectivity index (χ1) is 5.25. The van der Waals surface area contributed by atoms with E-state index in [0.717, 1.165) is 12.8 Å². The molecule has 0 aliphatic heterocycles. The molecule has 1 unspecified atom stereocenters. The Hall–Kier alpha value is -0.790. The summed E-state index contributed by atoms with van der Waals surface area (Å²) in [6.07, 6.45) is 5.53. The topological polar surface area (TPSA) is 26.3 Å². The Balaban J connectivity index is 2.52. The average molecular weight is 154 g/mol. The first-order valence-corrected chi connectivity index (χ1v) is 4.02. The highest BCUT2D eigenvalue weighted by Crippen LogP contribution is 2.25. The summed E-state index contributed by atoms with van der Waals surface area (Å²) in [6, 6.07) is 0. The Morgan fingerprint density at radius 2 is 2.45 bits per heavy atom. The highest BCUT2D eigenvalue weighted by molar-refractivity contribution is 5.75. The van der Waals surface area contributed by atoms with E-state index in [2.05, 4.69) is 10.8 Å². The maximum Gasteiger partial charge on any atom is 0.312 e. The van der Waals surface area contributed by atoms with Crippen molar-refractivity contribution in [1.29, 1.82) is 0 Å². The Bertz CT molecular complexity index is 182. The van der Waals surface area contributed by atoms with Gasteiger partial charge in [0, 0.05) is 0 Å². The average Bonchev–Trinajstić information content (AvgIpc) is 2.53.